The first kappa shape index (κ1) is 17.2. The molecular formula is C18H21NO3S2. The van der Waals surface area contributed by atoms with Gasteiger partial charge in [0.1, 0.15) is 0 Å². The number of hydrogen-bond donors (Lipinski definition) is 1. The Labute approximate surface area is 146 Å². The van der Waals surface area contributed by atoms with Crippen LogP contribution in [0.2, 0.25) is 0 Å². The molecule has 0 saturated heterocycles. The molecule has 1 heterocycles. The van der Waals surface area contributed by atoms with Crippen molar-refractivity contribution in [2.75, 3.05) is 6.26 Å². The van der Waals surface area contributed by atoms with Gasteiger partial charge in [-0.2, -0.15) is 0 Å². The molecule has 1 saturated carbocycles. The second kappa shape index (κ2) is 7.07. The highest BCUT2D eigenvalue weighted by molar-refractivity contribution is 7.90. The van der Waals surface area contributed by atoms with Gasteiger partial charge in [0.2, 0.25) is 0 Å². The third kappa shape index (κ3) is 3.70. The number of thiophene rings is 1. The lowest BCUT2D eigenvalue weighted by molar-refractivity contribution is 0.0919. The van der Waals surface area contributed by atoms with E-state index in [1.807, 2.05) is 17.5 Å². The number of rotatable bonds is 5. The highest BCUT2D eigenvalue weighted by Crippen LogP contribution is 2.37. The van der Waals surface area contributed by atoms with Crippen molar-refractivity contribution in [2.24, 2.45) is 5.92 Å². The Bertz CT molecular complexity index is 807. The lowest BCUT2D eigenvalue weighted by Gasteiger charge is -2.24. The van der Waals surface area contributed by atoms with Gasteiger partial charge in [0.15, 0.2) is 9.84 Å². The van der Waals surface area contributed by atoms with Gasteiger partial charge in [-0.1, -0.05) is 31.0 Å². The molecule has 0 radical (unpaired) electrons. The number of hydrogen-bond acceptors (Lipinski definition) is 4. The van der Waals surface area contributed by atoms with E-state index in [0.29, 0.717) is 5.92 Å². The smallest absolute Gasteiger partial charge is 0.253 e. The fourth-order valence-corrected chi connectivity index (χ4v) is 5.13. The molecule has 0 unspecified atom stereocenters. The minimum absolute atomic E-state index is 0.0485. The second-order valence-electron chi connectivity index (χ2n) is 6.28. The van der Waals surface area contributed by atoms with Gasteiger partial charge in [-0.25, -0.2) is 8.42 Å². The summed E-state index contributed by atoms with van der Waals surface area (Å²) >= 11 is 1.63. The Morgan fingerprint density at radius 2 is 1.88 bits per heavy atom. The highest BCUT2D eigenvalue weighted by Gasteiger charge is 2.29. The fraction of sp³-hybridized carbons (Fsp3) is 0.389. The Kier molecular flexibility index (Phi) is 5.06. The van der Waals surface area contributed by atoms with Crippen LogP contribution in [-0.2, 0) is 9.84 Å². The van der Waals surface area contributed by atoms with E-state index >= 15 is 0 Å². The van der Waals surface area contributed by atoms with Crippen molar-refractivity contribution >= 4 is 27.1 Å². The molecule has 4 nitrogen and oxygen atoms in total. The van der Waals surface area contributed by atoms with Gasteiger partial charge in [0.25, 0.3) is 5.91 Å². The van der Waals surface area contributed by atoms with Crippen LogP contribution >= 0.6 is 11.3 Å². The molecule has 0 aliphatic heterocycles. The molecule has 1 N–H and O–H groups in total. The molecule has 0 spiro atoms. The molecule has 128 valence electrons. The van der Waals surface area contributed by atoms with Crippen molar-refractivity contribution in [3.05, 3.63) is 52.2 Å². The minimum Gasteiger partial charge on any atom is -0.344 e. The van der Waals surface area contributed by atoms with Crippen LogP contribution in [0.1, 0.15) is 47.0 Å². The Morgan fingerprint density at radius 1 is 1.17 bits per heavy atom. The second-order valence-corrected chi connectivity index (χ2v) is 9.24. The first-order valence-corrected chi connectivity index (χ1v) is 10.9. The number of carbonyl (C=O) groups is 1. The number of amides is 1. The predicted octanol–water partition coefficient (Wildman–Crippen LogP) is 3.81. The normalized spacial score (nSPS) is 16.9. The molecule has 1 aromatic carbocycles. The maximum atomic E-state index is 12.8. The summed E-state index contributed by atoms with van der Waals surface area (Å²) in [7, 11) is -3.45. The van der Waals surface area contributed by atoms with E-state index in [9.17, 15) is 13.2 Å². The van der Waals surface area contributed by atoms with Crippen LogP contribution in [0.15, 0.2) is 46.7 Å². The quantitative estimate of drug-likeness (QED) is 0.878. The van der Waals surface area contributed by atoms with Crippen LogP contribution in [0.3, 0.4) is 0 Å². The molecule has 24 heavy (non-hydrogen) atoms. The van der Waals surface area contributed by atoms with Crippen molar-refractivity contribution in [2.45, 2.75) is 36.6 Å². The van der Waals surface area contributed by atoms with Gasteiger partial charge >= 0.3 is 0 Å². The number of benzene rings is 1. The molecule has 6 heteroatoms. The molecular weight excluding hydrogens is 342 g/mol. The Hall–Kier alpha value is -1.66. The van der Waals surface area contributed by atoms with Crippen LogP contribution in [0.4, 0.5) is 0 Å². The molecule has 1 aliphatic rings. The number of nitrogens with one attached hydrogen (secondary N) is 1. The van der Waals surface area contributed by atoms with Crippen LogP contribution in [0.25, 0.3) is 0 Å². The monoisotopic (exact) mass is 363 g/mol. The molecule has 1 aliphatic carbocycles. The van der Waals surface area contributed by atoms with E-state index in [-0.39, 0.29) is 22.4 Å². The maximum absolute atomic E-state index is 12.8. The summed E-state index contributed by atoms with van der Waals surface area (Å²) in [4.78, 5) is 14.0. The summed E-state index contributed by atoms with van der Waals surface area (Å²) < 4.78 is 23.9. The molecule has 0 bridgehead atoms. The largest absolute Gasteiger partial charge is 0.344 e. The third-order valence-electron chi connectivity index (χ3n) is 4.54. The molecule has 1 atom stereocenters. The van der Waals surface area contributed by atoms with E-state index in [4.69, 9.17) is 0 Å². The van der Waals surface area contributed by atoms with E-state index in [1.165, 1.54) is 18.9 Å². The van der Waals surface area contributed by atoms with Crippen LogP contribution in [0, 0.1) is 5.92 Å². The predicted molar refractivity (Wildman–Crippen MR) is 96.0 cm³/mol. The molecule has 3 rings (SSSR count). The van der Waals surface area contributed by atoms with Crippen LogP contribution in [-0.4, -0.2) is 20.6 Å². The van der Waals surface area contributed by atoms with E-state index in [0.717, 1.165) is 24.0 Å². The van der Waals surface area contributed by atoms with Crippen molar-refractivity contribution in [1.82, 2.24) is 5.32 Å². The minimum atomic E-state index is -3.45. The number of sulfone groups is 1. The summed E-state index contributed by atoms with van der Waals surface area (Å²) in [6, 6.07) is 10.4. The van der Waals surface area contributed by atoms with Crippen LogP contribution < -0.4 is 5.32 Å². The average molecular weight is 364 g/mol. The zero-order valence-electron chi connectivity index (χ0n) is 13.6. The lowest BCUT2D eigenvalue weighted by atomic mass is 9.96. The van der Waals surface area contributed by atoms with Crippen molar-refractivity contribution in [3.63, 3.8) is 0 Å². The highest BCUT2D eigenvalue weighted by atomic mass is 32.2. The molecule has 1 fully saturated rings. The summed E-state index contributed by atoms with van der Waals surface area (Å²) in [5, 5.41) is 5.11. The first-order valence-electron chi connectivity index (χ1n) is 8.10. The summed E-state index contributed by atoms with van der Waals surface area (Å²) in [6.07, 6.45) is 5.69. The summed E-state index contributed by atoms with van der Waals surface area (Å²) in [6.45, 7) is 0. The molecule has 1 aromatic heterocycles. The van der Waals surface area contributed by atoms with E-state index in [1.54, 1.807) is 29.5 Å². The summed E-state index contributed by atoms with van der Waals surface area (Å²) in [5.74, 6) is 0.0966. The molecule has 1 amide bonds. The zero-order chi connectivity index (χ0) is 17.2. The average Bonchev–Trinajstić information content (AvgIpc) is 3.25. The van der Waals surface area contributed by atoms with Gasteiger partial charge in [0.05, 0.1) is 16.5 Å². The van der Waals surface area contributed by atoms with Gasteiger partial charge < -0.3 is 5.32 Å². The van der Waals surface area contributed by atoms with Crippen molar-refractivity contribution < 1.29 is 13.2 Å². The van der Waals surface area contributed by atoms with E-state index < -0.39 is 9.84 Å². The standard InChI is InChI=1S/C18H21NO3S2/c1-24(21,22)16-11-5-4-9-14(16)18(20)19-17(13-7-2-3-8-13)15-10-6-12-23-15/h4-6,9-13,17H,2-3,7-8H2,1H3,(H,19,20)/t17-/m1/s1. The number of carbonyl (C=O) groups excluding carboxylic acids is 1. The van der Waals surface area contributed by atoms with Gasteiger partial charge in [-0.15, -0.1) is 11.3 Å². The third-order valence-corrected chi connectivity index (χ3v) is 6.65. The van der Waals surface area contributed by atoms with Crippen molar-refractivity contribution in [1.29, 1.82) is 0 Å². The Morgan fingerprint density at radius 3 is 2.50 bits per heavy atom. The zero-order valence-corrected chi connectivity index (χ0v) is 15.2. The van der Waals surface area contributed by atoms with Gasteiger partial charge in [-0.05, 0) is 42.3 Å². The maximum Gasteiger partial charge on any atom is 0.253 e. The van der Waals surface area contributed by atoms with E-state index in [2.05, 4.69) is 5.32 Å². The summed E-state index contributed by atoms with van der Waals surface area (Å²) in [5.41, 5.74) is 0.222. The topological polar surface area (TPSA) is 63.2 Å². The van der Waals surface area contributed by atoms with Crippen LogP contribution in [0.5, 0.6) is 0 Å². The Balaban J connectivity index is 1.90. The SMILES string of the molecule is CS(=O)(=O)c1ccccc1C(=O)N[C@@H](c1cccs1)C1CCCC1. The van der Waals surface area contributed by atoms with Gasteiger partial charge in [-0.3, -0.25) is 4.79 Å². The fourth-order valence-electron chi connectivity index (χ4n) is 3.38. The van der Waals surface area contributed by atoms with Crippen molar-refractivity contribution in [3.8, 4) is 0 Å². The first-order chi connectivity index (χ1) is 11.5. The lowest BCUT2D eigenvalue weighted by Crippen LogP contribution is -2.33. The van der Waals surface area contributed by atoms with Gasteiger partial charge in [0, 0.05) is 11.1 Å². The molecule has 2 aromatic rings.